The molecule has 21 heavy (non-hydrogen) atoms. The highest BCUT2D eigenvalue weighted by atomic mass is 16.4. The quantitative estimate of drug-likeness (QED) is 0.398. The number of aromatic nitrogens is 3. The van der Waals surface area contributed by atoms with Gasteiger partial charge in [0.1, 0.15) is 18.3 Å². The molecule has 0 bridgehead atoms. The van der Waals surface area contributed by atoms with Crippen molar-refractivity contribution in [2.24, 2.45) is 0 Å². The molecule has 3 atom stereocenters. The molecule has 0 aliphatic carbocycles. The number of pyridine rings is 1. The Labute approximate surface area is 118 Å². The maximum Gasteiger partial charge on any atom is 0.349 e. The molecule has 2 rings (SSSR count). The Morgan fingerprint density at radius 2 is 1.95 bits per heavy atom. The van der Waals surface area contributed by atoms with Gasteiger partial charge in [-0.2, -0.15) is 4.98 Å². The van der Waals surface area contributed by atoms with Crippen molar-refractivity contribution in [2.45, 2.75) is 24.9 Å². The molecule has 0 aromatic carbocycles. The second-order valence-corrected chi connectivity index (χ2v) is 4.58. The van der Waals surface area contributed by atoms with Gasteiger partial charge >= 0.3 is 5.69 Å². The van der Waals surface area contributed by atoms with Crippen LogP contribution in [0.2, 0.25) is 0 Å². The maximum atomic E-state index is 11.6. The molecule has 9 nitrogen and oxygen atoms in total. The van der Waals surface area contributed by atoms with Gasteiger partial charge in [0.2, 0.25) is 0 Å². The molecule has 5 N–H and O–H groups in total. The Bertz CT molecular complexity index is 696. The highest BCUT2D eigenvalue weighted by molar-refractivity contribution is 5.54. The maximum absolute atomic E-state index is 11.6. The van der Waals surface area contributed by atoms with Gasteiger partial charge in [-0.05, 0) is 12.1 Å². The number of nitrogens with one attached hydrogen (secondary N) is 1. The monoisotopic (exact) mass is 297 g/mol. The summed E-state index contributed by atoms with van der Waals surface area (Å²) in [6.07, 6.45) is -3.03. The summed E-state index contributed by atoms with van der Waals surface area (Å²) in [5.41, 5.74) is -1.27. The molecule has 0 saturated carbocycles. The minimum absolute atomic E-state index is 0.0518. The fraction of sp³-hybridized carbons (Fsp3) is 0.417. The van der Waals surface area contributed by atoms with Gasteiger partial charge in [0, 0.05) is 6.20 Å². The molecule has 2 heterocycles. The summed E-state index contributed by atoms with van der Waals surface area (Å²) in [7, 11) is 0. The first kappa shape index (κ1) is 15.3. The number of aliphatic hydroxyl groups excluding tert-OH is 4. The number of aliphatic hydroxyl groups is 4. The Kier molecular flexibility index (Phi) is 4.48. The molecule has 0 spiro atoms. The van der Waals surface area contributed by atoms with Crippen molar-refractivity contribution >= 4 is 0 Å². The number of hydrogen-bond acceptors (Lipinski definition) is 7. The second-order valence-electron chi connectivity index (χ2n) is 4.58. The molecule has 0 radical (unpaired) electrons. The zero-order valence-corrected chi connectivity index (χ0v) is 10.9. The van der Waals surface area contributed by atoms with Crippen molar-refractivity contribution in [3.8, 4) is 11.4 Å². The Morgan fingerprint density at radius 1 is 1.24 bits per heavy atom. The zero-order valence-electron chi connectivity index (χ0n) is 10.9. The Balaban J connectivity index is 2.35. The lowest BCUT2D eigenvalue weighted by molar-refractivity contribution is -0.0805. The predicted octanol–water partition coefficient (Wildman–Crippen LogP) is -2.89. The normalized spacial score (nSPS) is 15.8. The SMILES string of the molecule is O=c1nc2n(C[C@H](O)[C@H](O)[C@H](O)CO)cccc-2c(=O)[nH]1. The van der Waals surface area contributed by atoms with Gasteiger partial charge < -0.3 is 25.0 Å². The van der Waals surface area contributed by atoms with E-state index in [4.69, 9.17) is 5.11 Å². The van der Waals surface area contributed by atoms with Crippen LogP contribution in [0.25, 0.3) is 11.4 Å². The number of rotatable bonds is 5. The van der Waals surface area contributed by atoms with Crippen LogP contribution in [0.1, 0.15) is 0 Å². The van der Waals surface area contributed by atoms with Gasteiger partial charge in [0.15, 0.2) is 5.82 Å². The lowest BCUT2D eigenvalue weighted by Crippen LogP contribution is -2.42. The van der Waals surface area contributed by atoms with E-state index >= 15 is 0 Å². The largest absolute Gasteiger partial charge is 0.394 e. The minimum atomic E-state index is -1.58. The van der Waals surface area contributed by atoms with E-state index in [1.54, 1.807) is 0 Å². The number of aromatic amines is 1. The number of nitrogens with zero attached hydrogens (tertiary/aromatic N) is 2. The van der Waals surface area contributed by atoms with Crippen LogP contribution in [0, 0.1) is 0 Å². The van der Waals surface area contributed by atoms with E-state index in [0.29, 0.717) is 0 Å². The van der Waals surface area contributed by atoms with Crippen molar-refractivity contribution in [1.82, 2.24) is 14.5 Å². The van der Waals surface area contributed by atoms with Gasteiger partial charge in [0.05, 0.1) is 18.7 Å². The molecular formula is C12H15N3O6. The number of fused-ring (bicyclic) bond motifs is 1. The third-order valence-electron chi connectivity index (χ3n) is 3.07. The predicted molar refractivity (Wildman–Crippen MR) is 70.8 cm³/mol. The summed E-state index contributed by atoms with van der Waals surface area (Å²) in [5, 5.41) is 37.5. The smallest absolute Gasteiger partial charge is 0.349 e. The van der Waals surface area contributed by atoms with E-state index < -0.39 is 36.2 Å². The Hall–Kier alpha value is -2.07. The third-order valence-corrected chi connectivity index (χ3v) is 3.07. The third kappa shape index (κ3) is 3.16. The number of hydrogen-bond donors (Lipinski definition) is 5. The molecule has 0 fully saturated rings. The van der Waals surface area contributed by atoms with Crippen LogP contribution < -0.4 is 11.2 Å². The first-order valence-electron chi connectivity index (χ1n) is 6.18. The van der Waals surface area contributed by atoms with Crippen LogP contribution in [-0.2, 0) is 6.54 Å². The molecule has 0 aromatic heterocycles. The highest BCUT2D eigenvalue weighted by Gasteiger charge is 2.25. The molecule has 114 valence electrons. The van der Waals surface area contributed by atoms with Gasteiger partial charge in [-0.3, -0.25) is 9.78 Å². The summed E-state index contributed by atoms with van der Waals surface area (Å²) in [6, 6.07) is 2.98. The van der Waals surface area contributed by atoms with Crippen molar-refractivity contribution in [3.05, 3.63) is 39.2 Å². The van der Waals surface area contributed by atoms with E-state index in [0.717, 1.165) is 0 Å². The number of H-pyrrole nitrogens is 1. The zero-order chi connectivity index (χ0) is 15.6. The first-order chi connectivity index (χ1) is 9.93. The van der Waals surface area contributed by atoms with Crippen molar-refractivity contribution in [3.63, 3.8) is 0 Å². The van der Waals surface area contributed by atoms with E-state index in [-0.39, 0.29) is 17.9 Å². The van der Waals surface area contributed by atoms with Crippen LogP contribution in [0.5, 0.6) is 0 Å². The summed E-state index contributed by atoms with van der Waals surface area (Å²) in [6.45, 7) is -0.924. The second kappa shape index (κ2) is 6.14. The van der Waals surface area contributed by atoms with Crippen molar-refractivity contribution in [1.29, 1.82) is 0 Å². The molecule has 0 amide bonds. The molecule has 2 aliphatic rings. The molecule has 0 unspecified atom stereocenters. The molecule has 2 aliphatic heterocycles. The van der Waals surface area contributed by atoms with Crippen LogP contribution >= 0.6 is 0 Å². The lowest BCUT2D eigenvalue weighted by atomic mass is 10.1. The first-order valence-corrected chi connectivity index (χ1v) is 6.18. The van der Waals surface area contributed by atoms with Gasteiger partial charge in [0.25, 0.3) is 5.56 Å². The summed E-state index contributed by atoms with van der Waals surface area (Å²) >= 11 is 0. The van der Waals surface area contributed by atoms with E-state index in [2.05, 4.69) is 4.98 Å². The van der Waals surface area contributed by atoms with Crippen molar-refractivity contribution in [2.75, 3.05) is 6.61 Å². The van der Waals surface area contributed by atoms with Gasteiger partial charge in [-0.15, -0.1) is 0 Å². The fourth-order valence-electron chi connectivity index (χ4n) is 1.95. The van der Waals surface area contributed by atoms with E-state index in [1.165, 1.54) is 22.9 Å². The molecule has 0 saturated heterocycles. The summed E-state index contributed by atoms with van der Waals surface area (Å²) < 4.78 is 1.31. The topological polar surface area (TPSA) is 149 Å². The molecular weight excluding hydrogens is 282 g/mol. The van der Waals surface area contributed by atoms with Crippen molar-refractivity contribution < 1.29 is 20.4 Å². The van der Waals surface area contributed by atoms with Gasteiger partial charge in [-0.25, -0.2) is 4.79 Å². The Morgan fingerprint density at radius 3 is 2.62 bits per heavy atom. The minimum Gasteiger partial charge on any atom is -0.394 e. The lowest BCUT2D eigenvalue weighted by Gasteiger charge is -2.23. The van der Waals surface area contributed by atoms with Crippen LogP contribution in [-0.4, -0.2) is 59.9 Å². The molecule has 0 aromatic rings. The van der Waals surface area contributed by atoms with Gasteiger partial charge in [-0.1, -0.05) is 0 Å². The van der Waals surface area contributed by atoms with Crippen LogP contribution in [0.3, 0.4) is 0 Å². The fourth-order valence-corrected chi connectivity index (χ4v) is 1.95. The molecule has 9 heteroatoms. The highest BCUT2D eigenvalue weighted by Crippen LogP contribution is 2.14. The standard InChI is InChI=1S/C12H15N3O6/c16-5-8(18)9(19)7(17)4-15-3-1-2-6-10(15)13-12(21)14-11(6)20/h1-3,7-9,16-19H,4-5H2,(H,14,20,21)/t7-,8+,9-/m0/s1. The average Bonchev–Trinajstić information content (AvgIpc) is 2.46. The average molecular weight is 297 g/mol. The summed E-state index contributed by atoms with van der Waals surface area (Å²) in [5.74, 6) is 0.0518. The van der Waals surface area contributed by atoms with E-state index in [9.17, 15) is 24.9 Å². The van der Waals surface area contributed by atoms with Crippen LogP contribution in [0.4, 0.5) is 0 Å². The summed E-state index contributed by atoms with van der Waals surface area (Å²) in [4.78, 5) is 28.6. The van der Waals surface area contributed by atoms with Crippen LogP contribution in [0.15, 0.2) is 27.9 Å². The van der Waals surface area contributed by atoms with E-state index in [1.807, 2.05) is 4.98 Å².